The van der Waals surface area contributed by atoms with Gasteiger partial charge in [0.05, 0.1) is 0 Å². The molecule has 0 aliphatic rings. The molecule has 0 N–H and O–H groups in total. The van der Waals surface area contributed by atoms with Gasteiger partial charge in [-0.3, -0.25) is 4.98 Å². The van der Waals surface area contributed by atoms with Crippen molar-refractivity contribution in [3.63, 3.8) is 0 Å². The van der Waals surface area contributed by atoms with Crippen LogP contribution >= 0.6 is 24.8 Å². The number of rotatable bonds is 2. The third-order valence-corrected chi connectivity index (χ3v) is 1.90. The van der Waals surface area contributed by atoms with E-state index < -0.39 is 0 Å². The molecule has 0 saturated heterocycles. The van der Waals surface area contributed by atoms with Crippen molar-refractivity contribution in [3.8, 4) is 11.5 Å². The molecule has 2 heterocycles. The summed E-state index contributed by atoms with van der Waals surface area (Å²) in [4.78, 5) is 3.88. The van der Waals surface area contributed by atoms with Gasteiger partial charge in [0.15, 0.2) is 0 Å². The smallest absolute Gasteiger partial charge is 0.265 e. The Morgan fingerprint density at radius 2 is 2.00 bits per heavy atom. The van der Waals surface area contributed by atoms with Crippen molar-refractivity contribution in [1.29, 1.82) is 0 Å². The second kappa shape index (κ2) is 3.85. The molecule has 0 bridgehead atoms. The molecule has 0 fully saturated rings. The van der Waals surface area contributed by atoms with Crippen LogP contribution in [-0.4, -0.2) is 19.4 Å². The lowest BCUT2D eigenvalue weighted by molar-refractivity contribution is 0.561. The molecule has 2 rings (SSSR count). The third kappa shape index (κ3) is 1.80. The fourth-order valence-corrected chi connectivity index (χ4v) is 1.09. The zero-order valence-electron chi connectivity index (χ0n) is 6.91. The van der Waals surface area contributed by atoms with Crippen molar-refractivity contribution in [2.75, 3.05) is 0 Å². The van der Waals surface area contributed by atoms with E-state index in [9.17, 15) is 0 Å². The minimum atomic E-state index is 0.259. The first-order valence-corrected chi connectivity index (χ1v) is 4.60. The first kappa shape index (κ1) is 9.29. The van der Waals surface area contributed by atoms with Crippen LogP contribution in [0.15, 0.2) is 28.9 Å². The van der Waals surface area contributed by atoms with Crippen LogP contribution in [0.4, 0.5) is 0 Å². The van der Waals surface area contributed by atoms with Crippen LogP contribution in [0.25, 0.3) is 11.5 Å². The molecule has 14 heavy (non-hydrogen) atoms. The Labute approximate surface area is 90.8 Å². The van der Waals surface area contributed by atoms with Gasteiger partial charge >= 0.3 is 0 Å². The average Bonchev–Trinajstić information content (AvgIpc) is 2.68. The number of aromatic nitrogens is 3. The van der Waals surface area contributed by atoms with E-state index in [0.29, 0.717) is 5.89 Å². The van der Waals surface area contributed by atoms with Gasteiger partial charge in [-0.15, -0.1) is 22.8 Å². The lowest BCUT2D eigenvalue weighted by Crippen LogP contribution is -1.85. The van der Waals surface area contributed by atoms with Crippen molar-refractivity contribution in [1.82, 2.24) is 15.2 Å². The summed E-state index contributed by atoms with van der Waals surface area (Å²) in [6, 6.07) is 3.55. The van der Waals surface area contributed by atoms with E-state index in [4.69, 9.17) is 16.6 Å². The van der Waals surface area contributed by atoms with Crippen LogP contribution in [0.5, 0.6) is 0 Å². The highest BCUT2D eigenvalue weighted by Gasteiger charge is 2.09. The van der Waals surface area contributed by atoms with E-state index >= 15 is 0 Å². The fourth-order valence-electron chi connectivity index (χ4n) is 0.921. The van der Waals surface area contributed by atoms with Crippen LogP contribution in [0.1, 0.15) is 5.89 Å². The zero-order valence-corrected chi connectivity index (χ0v) is 8.63. The number of hydrogen-bond acceptors (Lipinski definition) is 5. The summed E-state index contributed by atoms with van der Waals surface area (Å²) >= 11 is 8.72. The van der Waals surface area contributed by atoms with E-state index in [1.807, 2.05) is 0 Å². The van der Waals surface area contributed by atoms with Gasteiger partial charge in [-0.1, -0.05) is 12.2 Å². The van der Waals surface area contributed by atoms with E-state index in [-0.39, 0.29) is 10.1 Å². The standard InChI is InChI=1S/C8H5N3OS2/c13-8(14)7-11-10-6(12-7)5-1-3-9-4-2-5/h1-4H,(H,13,14). The monoisotopic (exact) mass is 223 g/mol. The van der Waals surface area contributed by atoms with Gasteiger partial charge in [-0.05, 0) is 12.1 Å². The third-order valence-electron chi connectivity index (χ3n) is 1.54. The topological polar surface area (TPSA) is 51.8 Å². The van der Waals surface area contributed by atoms with Gasteiger partial charge in [0.25, 0.3) is 5.89 Å². The summed E-state index contributed by atoms with van der Waals surface area (Å²) in [5.41, 5.74) is 0.809. The first-order chi connectivity index (χ1) is 6.77. The van der Waals surface area contributed by atoms with Crippen LogP contribution < -0.4 is 0 Å². The fraction of sp³-hybridized carbons (Fsp3) is 0. The predicted octanol–water partition coefficient (Wildman–Crippen LogP) is 1.74. The highest BCUT2D eigenvalue weighted by Crippen LogP contribution is 2.16. The lowest BCUT2D eigenvalue weighted by Gasteiger charge is -1.90. The Balaban J connectivity index is 2.39. The normalized spacial score (nSPS) is 10.1. The Morgan fingerprint density at radius 1 is 1.29 bits per heavy atom. The number of thiocarbonyl (C=S) groups is 1. The summed E-state index contributed by atoms with van der Waals surface area (Å²) in [6.45, 7) is 0. The first-order valence-electron chi connectivity index (χ1n) is 3.74. The van der Waals surface area contributed by atoms with E-state index in [1.54, 1.807) is 24.5 Å². The second-order valence-corrected chi connectivity index (χ2v) is 3.61. The molecule has 0 spiro atoms. The van der Waals surface area contributed by atoms with Crippen molar-refractivity contribution in [3.05, 3.63) is 30.4 Å². The highest BCUT2D eigenvalue weighted by atomic mass is 32.1. The molecule has 2 aromatic heterocycles. The SMILES string of the molecule is S=C(S)c1nnc(-c2ccncc2)o1. The molecule has 6 heteroatoms. The minimum Gasteiger partial charge on any atom is -0.415 e. The summed E-state index contributed by atoms with van der Waals surface area (Å²) in [5, 5.41) is 7.56. The molecule has 0 aromatic carbocycles. The zero-order chi connectivity index (χ0) is 9.97. The number of nitrogens with zero attached hydrogens (tertiary/aromatic N) is 3. The molecule has 0 radical (unpaired) electrons. The molecule has 0 unspecified atom stereocenters. The van der Waals surface area contributed by atoms with Crippen LogP contribution in [0, 0.1) is 0 Å². The number of hydrogen-bond donors (Lipinski definition) is 1. The Hall–Kier alpha value is -1.27. The Bertz CT molecular complexity index is 455. The molecule has 0 saturated carbocycles. The number of thiol groups is 1. The maximum Gasteiger partial charge on any atom is 0.265 e. The van der Waals surface area contributed by atoms with Gasteiger partial charge in [0, 0.05) is 18.0 Å². The van der Waals surface area contributed by atoms with Gasteiger partial charge < -0.3 is 4.42 Å². The van der Waals surface area contributed by atoms with Crippen molar-refractivity contribution in [2.24, 2.45) is 0 Å². The summed E-state index contributed by atoms with van der Waals surface area (Å²) in [7, 11) is 0. The maximum absolute atomic E-state index is 5.26. The molecular weight excluding hydrogens is 218 g/mol. The molecule has 0 atom stereocenters. The van der Waals surface area contributed by atoms with Crippen molar-refractivity contribution >= 4 is 29.0 Å². The molecule has 0 amide bonds. The second-order valence-electron chi connectivity index (χ2n) is 2.45. The molecule has 0 aliphatic carbocycles. The minimum absolute atomic E-state index is 0.259. The van der Waals surface area contributed by atoms with Gasteiger partial charge in [-0.2, -0.15) is 0 Å². The summed E-state index contributed by atoms with van der Waals surface area (Å²) in [5.74, 6) is 0.675. The summed E-state index contributed by atoms with van der Waals surface area (Å²) in [6.07, 6.45) is 3.30. The van der Waals surface area contributed by atoms with E-state index in [2.05, 4.69) is 27.8 Å². The largest absolute Gasteiger partial charge is 0.415 e. The van der Waals surface area contributed by atoms with Crippen LogP contribution in [0.3, 0.4) is 0 Å². The van der Waals surface area contributed by atoms with E-state index in [1.165, 1.54) is 0 Å². The lowest BCUT2D eigenvalue weighted by atomic mass is 10.3. The summed E-state index contributed by atoms with van der Waals surface area (Å²) < 4.78 is 5.55. The molecule has 70 valence electrons. The van der Waals surface area contributed by atoms with Crippen molar-refractivity contribution in [2.45, 2.75) is 0 Å². The Morgan fingerprint density at radius 3 is 2.57 bits per heavy atom. The highest BCUT2D eigenvalue weighted by molar-refractivity contribution is 8.11. The average molecular weight is 223 g/mol. The van der Waals surface area contributed by atoms with Gasteiger partial charge in [0.1, 0.15) is 4.20 Å². The molecule has 0 aliphatic heterocycles. The number of pyridine rings is 1. The molecule has 2 aromatic rings. The molecule has 4 nitrogen and oxygen atoms in total. The quantitative estimate of drug-likeness (QED) is 0.620. The maximum atomic E-state index is 5.26. The van der Waals surface area contributed by atoms with Crippen LogP contribution in [0.2, 0.25) is 0 Å². The Kier molecular flexibility index (Phi) is 2.55. The van der Waals surface area contributed by atoms with E-state index in [0.717, 1.165) is 5.56 Å². The van der Waals surface area contributed by atoms with Gasteiger partial charge in [-0.25, -0.2) is 0 Å². The van der Waals surface area contributed by atoms with Gasteiger partial charge in [0.2, 0.25) is 5.89 Å². The van der Waals surface area contributed by atoms with Crippen molar-refractivity contribution < 1.29 is 4.42 Å². The predicted molar refractivity (Wildman–Crippen MR) is 58.2 cm³/mol. The van der Waals surface area contributed by atoms with Crippen LogP contribution in [-0.2, 0) is 0 Å². The molecular formula is C8H5N3OS2.